The standard InChI is InChI=1S/C14H27N3O2/c1-5-7-14(8-6-9-16-14)13(19)17(4)10-11(2)12(18)15-3/h11,16H,5-10H2,1-4H3,(H,15,18). The van der Waals surface area contributed by atoms with E-state index in [1.807, 2.05) is 6.92 Å². The van der Waals surface area contributed by atoms with E-state index < -0.39 is 5.54 Å². The predicted octanol–water partition coefficient (Wildman–Crippen LogP) is 0.749. The lowest BCUT2D eigenvalue weighted by molar-refractivity contribution is -0.138. The van der Waals surface area contributed by atoms with E-state index in [0.717, 1.165) is 32.2 Å². The van der Waals surface area contributed by atoms with E-state index in [1.54, 1.807) is 19.0 Å². The molecule has 0 aromatic carbocycles. The van der Waals surface area contributed by atoms with Gasteiger partial charge < -0.3 is 15.5 Å². The number of likely N-dealkylation sites (N-methyl/N-ethyl adjacent to an activating group) is 1. The molecule has 2 amide bonds. The van der Waals surface area contributed by atoms with Gasteiger partial charge in [-0.25, -0.2) is 0 Å². The Morgan fingerprint density at radius 1 is 1.47 bits per heavy atom. The minimum atomic E-state index is -0.397. The van der Waals surface area contributed by atoms with Gasteiger partial charge in [-0.2, -0.15) is 0 Å². The molecule has 1 heterocycles. The number of amides is 2. The van der Waals surface area contributed by atoms with Gasteiger partial charge in [-0.3, -0.25) is 9.59 Å². The summed E-state index contributed by atoms with van der Waals surface area (Å²) in [7, 11) is 3.41. The van der Waals surface area contributed by atoms with Crippen LogP contribution in [0.1, 0.15) is 39.5 Å². The Labute approximate surface area is 116 Å². The molecule has 0 radical (unpaired) electrons. The molecule has 0 aromatic rings. The first-order valence-corrected chi connectivity index (χ1v) is 7.19. The normalized spacial score (nSPS) is 24.0. The zero-order valence-corrected chi connectivity index (χ0v) is 12.6. The molecule has 1 rings (SSSR count). The van der Waals surface area contributed by atoms with Crippen LogP contribution in [-0.2, 0) is 9.59 Å². The number of nitrogens with zero attached hydrogens (tertiary/aromatic N) is 1. The van der Waals surface area contributed by atoms with Crippen LogP contribution < -0.4 is 10.6 Å². The van der Waals surface area contributed by atoms with Gasteiger partial charge in [0.15, 0.2) is 0 Å². The molecule has 1 aliphatic heterocycles. The van der Waals surface area contributed by atoms with E-state index in [0.29, 0.717) is 6.54 Å². The molecule has 0 aromatic heterocycles. The Hall–Kier alpha value is -1.10. The lowest BCUT2D eigenvalue weighted by atomic mass is 9.90. The molecule has 1 aliphatic rings. The quantitative estimate of drug-likeness (QED) is 0.748. The van der Waals surface area contributed by atoms with Gasteiger partial charge in [-0.05, 0) is 25.8 Å². The van der Waals surface area contributed by atoms with E-state index >= 15 is 0 Å². The number of carbonyl (C=O) groups excluding carboxylic acids is 2. The van der Waals surface area contributed by atoms with E-state index in [4.69, 9.17) is 0 Å². The second kappa shape index (κ2) is 6.89. The number of hydrogen-bond acceptors (Lipinski definition) is 3. The van der Waals surface area contributed by atoms with Crippen molar-refractivity contribution in [3.63, 3.8) is 0 Å². The van der Waals surface area contributed by atoms with Crippen molar-refractivity contribution < 1.29 is 9.59 Å². The lowest BCUT2D eigenvalue weighted by Gasteiger charge is -2.33. The number of nitrogens with one attached hydrogen (secondary N) is 2. The first-order valence-electron chi connectivity index (χ1n) is 7.19. The molecule has 2 unspecified atom stereocenters. The van der Waals surface area contributed by atoms with Gasteiger partial charge in [0.1, 0.15) is 0 Å². The number of carbonyl (C=O) groups is 2. The van der Waals surface area contributed by atoms with Crippen molar-refractivity contribution in [1.29, 1.82) is 0 Å². The van der Waals surface area contributed by atoms with Crippen molar-refractivity contribution in [3.05, 3.63) is 0 Å². The van der Waals surface area contributed by atoms with Gasteiger partial charge in [0.05, 0.1) is 11.5 Å². The summed E-state index contributed by atoms with van der Waals surface area (Å²) in [5.74, 6) is -0.0785. The fraction of sp³-hybridized carbons (Fsp3) is 0.857. The van der Waals surface area contributed by atoms with Gasteiger partial charge in [0.2, 0.25) is 11.8 Å². The average Bonchev–Trinajstić information content (AvgIpc) is 2.86. The van der Waals surface area contributed by atoms with Crippen LogP contribution in [0.15, 0.2) is 0 Å². The topological polar surface area (TPSA) is 61.4 Å². The number of rotatable bonds is 6. The Bertz CT molecular complexity index is 325. The summed E-state index contributed by atoms with van der Waals surface area (Å²) in [5, 5.41) is 6.00. The van der Waals surface area contributed by atoms with Crippen LogP contribution in [0.4, 0.5) is 0 Å². The summed E-state index contributed by atoms with van der Waals surface area (Å²) in [4.78, 5) is 25.9. The summed E-state index contributed by atoms with van der Waals surface area (Å²) in [6.07, 6.45) is 3.80. The van der Waals surface area contributed by atoms with Gasteiger partial charge in [-0.1, -0.05) is 20.3 Å². The Morgan fingerprint density at radius 2 is 2.16 bits per heavy atom. The maximum absolute atomic E-state index is 12.6. The Kier molecular flexibility index (Phi) is 5.79. The molecule has 2 atom stereocenters. The predicted molar refractivity (Wildman–Crippen MR) is 75.7 cm³/mol. The Morgan fingerprint density at radius 3 is 2.63 bits per heavy atom. The molecular weight excluding hydrogens is 242 g/mol. The summed E-state index contributed by atoms with van der Waals surface area (Å²) >= 11 is 0. The molecule has 1 fully saturated rings. The van der Waals surface area contributed by atoms with Crippen molar-refractivity contribution in [2.24, 2.45) is 5.92 Å². The molecule has 5 heteroatoms. The van der Waals surface area contributed by atoms with Gasteiger partial charge in [0, 0.05) is 20.6 Å². The fourth-order valence-corrected chi connectivity index (χ4v) is 2.92. The lowest BCUT2D eigenvalue weighted by Crippen LogP contribution is -2.55. The molecule has 0 saturated carbocycles. The van der Waals surface area contributed by atoms with Gasteiger partial charge in [0.25, 0.3) is 0 Å². The van der Waals surface area contributed by atoms with E-state index in [9.17, 15) is 9.59 Å². The van der Waals surface area contributed by atoms with Crippen LogP contribution in [0.3, 0.4) is 0 Å². The number of hydrogen-bond donors (Lipinski definition) is 2. The summed E-state index contributed by atoms with van der Waals surface area (Å²) in [5.41, 5.74) is -0.397. The molecule has 1 saturated heterocycles. The van der Waals surface area contributed by atoms with Crippen molar-refractivity contribution in [3.8, 4) is 0 Å². The van der Waals surface area contributed by atoms with Crippen molar-refractivity contribution >= 4 is 11.8 Å². The van der Waals surface area contributed by atoms with Crippen LogP contribution in [-0.4, -0.2) is 49.4 Å². The van der Waals surface area contributed by atoms with Crippen LogP contribution in [0.25, 0.3) is 0 Å². The van der Waals surface area contributed by atoms with Crippen LogP contribution in [0.2, 0.25) is 0 Å². The molecule has 0 bridgehead atoms. The Balaban J connectivity index is 2.66. The highest BCUT2D eigenvalue weighted by Crippen LogP contribution is 2.27. The highest BCUT2D eigenvalue weighted by Gasteiger charge is 2.41. The molecular formula is C14H27N3O2. The average molecular weight is 269 g/mol. The second-order valence-electron chi connectivity index (χ2n) is 5.56. The summed E-state index contributed by atoms with van der Waals surface area (Å²) < 4.78 is 0. The molecule has 0 aliphatic carbocycles. The third-order valence-electron chi connectivity index (χ3n) is 3.92. The smallest absolute Gasteiger partial charge is 0.242 e. The largest absolute Gasteiger partial charge is 0.359 e. The van der Waals surface area contributed by atoms with E-state index in [2.05, 4.69) is 17.6 Å². The third-order valence-corrected chi connectivity index (χ3v) is 3.92. The first-order chi connectivity index (χ1) is 8.96. The van der Waals surface area contributed by atoms with Crippen molar-refractivity contribution in [2.45, 2.75) is 45.1 Å². The summed E-state index contributed by atoms with van der Waals surface area (Å²) in [6, 6.07) is 0. The minimum absolute atomic E-state index is 0.0245. The van der Waals surface area contributed by atoms with Gasteiger partial charge >= 0.3 is 0 Å². The maximum atomic E-state index is 12.6. The van der Waals surface area contributed by atoms with Crippen LogP contribution in [0.5, 0.6) is 0 Å². The molecule has 19 heavy (non-hydrogen) atoms. The minimum Gasteiger partial charge on any atom is -0.359 e. The van der Waals surface area contributed by atoms with Crippen LogP contribution >= 0.6 is 0 Å². The van der Waals surface area contributed by atoms with Crippen molar-refractivity contribution in [2.75, 3.05) is 27.2 Å². The molecule has 110 valence electrons. The zero-order valence-electron chi connectivity index (χ0n) is 12.6. The highest BCUT2D eigenvalue weighted by molar-refractivity contribution is 5.87. The molecule has 5 nitrogen and oxygen atoms in total. The molecule has 2 N–H and O–H groups in total. The fourth-order valence-electron chi connectivity index (χ4n) is 2.92. The third kappa shape index (κ3) is 3.69. The highest BCUT2D eigenvalue weighted by atomic mass is 16.2. The maximum Gasteiger partial charge on any atom is 0.242 e. The first kappa shape index (κ1) is 16.0. The summed E-state index contributed by atoms with van der Waals surface area (Å²) in [6.45, 7) is 5.32. The molecule has 0 spiro atoms. The zero-order chi connectivity index (χ0) is 14.5. The second-order valence-corrected chi connectivity index (χ2v) is 5.56. The van der Waals surface area contributed by atoms with Crippen LogP contribution in [0, 0.1) is 5.92 Å². The SMILES string of the molecule is CCCC1(C(=O)N(C)CC(C)C(=O)NC)CCCN1. The van der Waals surface area contributed by atoms with Gasteiger partial charge in [-0.15, -0.1) is 0 Å². The van der Waals surface area contributed by atoms with Crippen molar-refractivity contribution in [1.82, 2.24) is 15.5 Å². The van der Waals surface area contributed by atoms with E-state index in [1.165, 1.54) is 0 Å². The monoisotopic (exact) mass is 269 g/mol. The van der Waals surface area contributed by atoms with E-state index in [-0.39, 0.29) is 17.7 Å².